The van der Waals surface area contributed by atoms with Gasteiger partial charge in [0, 0.05) is 30.9 Å². The molecule has 5 nitrogen and oxygen atoms in total. The van der Waals surface area contributed by atoms with Crippen molar-refractivity contribution in [2.24, 2.45) is 0 Å². The van der Waals surface area contributed by atoms with Crippen LogP contribution in [0.3, 0.4) is 0 Å². The van der Waals surface area contributed by atoms with Crippen LogP contribution in [-0.4, -0.2) is 40.0 Å². The molecule has 150 valence electrons. The molecule has 0 aromatic heterocycles. The molecule has 7 heteroatoms. The number of ketones is 1. The maximum atomic E-state index is 11.9. The number of hydrogen-bond acceptors (Lipinski definition) is 6. The molecule has 3 N–H and O–H groups in total. The molecule has 0 radical (unpaired) electrons. The molecule has 2 aromatic rings. The summed E-state index contributed by atoms with van der Waals surface area (Å²) in [7, 11) is 3.40. The minimum atomic E-state index is -0.0314. The Morgan fingerprint density at radius 1 is 0.786 bits per heavy atom. The van der Waals surface area contributed by atoms with Crippen LogP contribution in [0.25, 0.3) is 0 Å². The summed E-state index contributed by atoms with van der Waals surface area (Å²) < 4.78 is 0. The van der Waals surface area contributed by atoms with Gasteiger partial charge in [-0.1, -0.05) is 45.9 Å². The Kier molecular flexibility index (Phi) is 9.79. The first kappa shape index (κ1) is 22.2. The van der Waals surface area contributed by atoms with E-state index in [0.29, 0.717) is 25.8 Å². The SMILES string of the molecule is O=C(CCCSSCCNC(=O)Cc1ccc(O)cc1)Cc1ccc(O)cc1. The van der Waals surface area contributed by atoms with E-state index in [2.05, 4.69) is 5.32 Å². The molecule has 0 bridgehead atoms. The smallest absolute Gasteiger partial charge is 0.224 e. The van der Waals surface area contributed by atoms with Gasteiger partial charge in [0.2, 0.25) is 5.91 Å². The van der Waals surface area contributed by atoms with E-state index in [1.165, 1.54) is 0 Å². The van der Waals surface area contributed by atoms with Crippen molar-refractivity contribution in [2.75, 3.05) is 18.1 Å². The van der Waals surface area contributed by atoms with Crippen molar-refractivity contribution in [3.8, 4) is 11.5 Å². The highest BCUT2D eigenvalue weighted by molar-refractivity contribution is 8.76. The number of aromatic hydroxyl groups is 2. The molecule has 2 aromatic carbocycles. The number of carbonyl (C=O) groups is 2. The van der Waals surface area contributed by atoms with Crippen molar-refractivity contribution in [1.82, 2.24) is 5.32 Å². The van der Waals surface area contributed by atoms with E-state index in [9.17, 15) is 19.8 Å². The van der Waals surface area contributed by atoms with Gasteiger partial charge in [0.1, 0.15) is 17.3 Å². The van der Waals surface area contributed by atoms with E-state index < -0.39 is 0 Å². The van der Waals surface area contributed by atoms with Gasteiger partial charge in [-0.05, 0) is 41.8 Å². The Morgan fingerprint density at radius 3 is 1.93 bits per heavy atom. The quantitative estimate of drug-likeness (QED) is 0.359. The first-order chi connectivity index (χ1) is 13.5. The van der Waals surface area contributed by atoms with Gasteiger partial charge in [0.15, 0.2) is 0 Å². The minimum Gasteiger partial charge on any atom is -0.508 e. The summed E-state index contributed by atoms with van der Waals surface area (Å²) in [5.41, 5.74) is 1.79. The summed E-state index contributed by atoms with van der Waals surface area (Å²) in [6.45, 7) is 0.606. The van der Waals surface area contributed by atoms with Gasteiger partial charge < -0.3 is 15.5 Å². The number of nitrogens with one attached hydrogen (secondary N) is 1. The monoisotopic (exact) mass is 419 g/mol. The lowest BCUT2D eigenvalue weighted by atomic mass is 10.1. The van der Waals surface area contributed by atoms with E-state index in [0.717, 1.165) is 29.1 Å². The van der Waals surface area contributed by atoms with E-state index in [4.69, 9.17) is 0 Å². The number of phenolic OH excluding ortho intramolecular Hbond substituents is 2. The van der Waals surface area contributed by atoms with Crippen molar-refractivity contribution in [3.63, 3.8) is 0 Å². The predicted molar refractivity (Wildman–Crippen MR) is 116 cm³/mol. The number of carbonyl (C=O) groups excluding carboxylic acids is 2. The van der Waals surface area contributed by atoms with Crippen molar-refractivity contribution in [3.05, 3.63) is 59.7 Å². The maximum Gasteiger partial charge on any atom is 0.224 e. The Labute approximate surface area is 173 Å². The lowest BCUT2D eigenvalue weighted by molar-refractivity contribution is -0.120. The van der Waals surface area contributed by atoms with Gasteiger partial charge in [-0.15, -0.1) is 0 Å². The number of phenols is 2. The first-order valence-corrected chi connectivity index (χ1v) is 11.6. The standard InChI is InChI=1S/C21H25NO4S2/c23-18-7-3-16(4-8-18)14-20(25)2-1-12-27-28-13-11-22-21(26)15-17-5-9-19(24)10-6-17/h3-10,23-24H,1-2,11-15H2,(H,22,26). The van der Waals surface area contributed by atoms with Crippen molar-refractivity contribution < 1.29 is 19.8 Å². The van der Waals surface area contributed by atoms with Crippen LogP contribution < -0.4 is 5.32 Å². The highest BCUT2D eigenvalue weighted by Crippen LogP contribution is 2.22. The number of rotatable bonds is 12. The molecule has 28 heavy (non-hydrogen) atoms. The molecule has 0 saturated heterocycles. The second-order valence-corrected chi connectivity index (χ2v) is 9.02. The number of Topliss-reactive ketones (excluding diaryl/α,β-unsaturated/α-hetero) is 1. The summed E-state index contributed by atoms with van der Waals surface area (Å²) in [5, 5.41) is 21.3. The molecular formula is C21H25NO4S2. The highest BCUT2D eigenvalue weighted by Gasteiger charge is 2.05. The van der Waals surface area contributed by atoms with Crippen LogP contribution in [-0.2, 0) is 22.4 Å². The molecule has 1 amide bonds. The molecule has 0 atom stereocenters. The lowest BCUT2D eigenvalue weighted by Gasteiger charge is -2.05. The lowest BCUT2D eigenvalue weighted by Crippen LogP contribution is -2.27. The number of benzene rings is 2. The zero-order chi connectivity index (χ0) is 20.2. The molecule has 0 aliphatic heterocycles. The van der Waals surface area contributed by atoms with Crippen molar-refractivity contribution in [2.45, 2.75) is 25.7 Å². The third-order valence-electron chi connectivity index (χ3n) is 3.91. The van der Waals surface area contributed by atoms with E-state index in [1.807, 2.05) is 0 Å². The fourth-order valence-electron chi connectivity index (χ4n) is 2.47. The van der Waals surface area contributed by atoms with Crippen LogP contribution >= 0.6 is 21.6 Å². The third-order valence-corrected chi connectivity index (χ3v) is 6.41. The average Bonchev–Trinajstić information content (AvgIpc) is 2.67. The van der Waals surface area contributed by atoms with E-state index in [1.54, 1.807) is 70.1 Å². The van der Waals surface area contributed by atoms with Gasteiger partial charge >= 0.3 is 0 Å². The summed E-state index contributed by atoms with van der Waals surface area (Å²) in [4.78, 5) is 23.8. The molecular weight excluding hydrogens is 394 g/mol. The molecule has 0 unspecified atom stereocenters. The van der Waals surface area contributed by atoms with Crippen LogP contribution in [0.4, 0.5) is 0 Å². The summed E-state index contributed by atoms with van der Waals surface area (Å²) >= 11 is 0. The molecule has 0 aliphatic carbocycles. The van der Waals surface area contributed by atoms with Gasteiger partial charge in [-0.25, -0.2) is 0 Å². The van der Waals surface area contributed by atoms with E-state index >= 15 is 0 Å². The summed E-state index contributed by atoms with van der Waals surface area (Å²) in [5.74, 6) is 2.29. The fourth-order valence-corrected chi connectivity index (χ4v) is 4.46. The summed E-state index contributed by atoms with van der Waals surface area (Å²) in [6.07, 6.45) is 2.10. The van der Waals surface area contributed by atoms with Gasteiger partial charge in [-0.3, -0.25) is 9.59 Å². The number of hydrogen-bond donors (Lipinski definition) is 3. The fraction of sp³-hybridized carbons (Fsp3) is 0.333. The molecule has 0 heterocycles. The largest absolute Gasteiger partial charge is 0.508 e. The van der Waals surface area contributed by atoms with Gasteiger partial charge in [0.05, 0.1) is 6.42 Å². The van der Waals surface area contributed by atoms with Gasteiger partial charge in [-0.2, -0.15) is 0 Å². The molecule has 2 rings (SSSR count). The van der Waals surface area contributed by atoms with Crippen LogP contribution in [0.1, 0.15) is 24.0 Å². The van der Waals surface area contributed by atoms with Crippen molar-refractivity contribution >= 4 is 33.3 Å². The van der Waals surface area contributed by atoms with Crippen LogP contribution in [0.5, 0.6) is 11.5 Å². The van der Waals surface area contributed by atoms with Crippen LogP contribution in [0.15, 0.2) is 48.5 Å². The topological polar surface area (TPSA) is 86.6 Å². The molecule has 0 fully saturated rings. The molecule has 0 spiro atoms. The zero-order valence-electron chi connectivity index (χ0n) is 15.6. The number of amides is 1. The Hall–Kier alpha value is -2.12. The average molecular weight is 420 g/mol. The maximum absolute atomic E-state index is 11.9. The van der Waals surface area contributed by atoms with Crippen LogP contribution in [0, 0.1) is 0 Å². The Bertz CT molecular complexity index is 683. The van der Waals surface area contributed by atoms with E-state index in [-0.39, 0.29) is 23.2 Å². The molecule has 0 aliphatic rings. The highest BCUT2D eigenvalue weighted by atomic mass is 33.1. The minimum absolute atomic E-state index is 0.0314. The Balaban J connectivity index is 1.45. The first-order valence-electron chi connectivity index (χ1n) is 9.11. The zero-order valence-corrected chi connectivity index (χ0v) is 17.2. The summed E-state index contributed by atoms with van der Waals surface area (Å²) in [6, 6.07) is 13.4. The predicted octanol–water partition coefficient (Wildman–Crippen LogP) is 3.73. The second kappa shape index (κ2) is 12.4. The van der Waals surface area contributed by atoms with Gasteiger partial charge in [0.25, 0.3) is 0 Å². The third kappa shape index (κ3) is 9.19. The molecule has 0 saturated carbocycles. The van der Waals surface area contributed by atoms with Crippen LogP contribution in [0.2, 0.25) is 0 Å². The normalized spacial score (nSPS) is 10.6. The second-order valence-electron chi connectivity index (χ2n) is 6.32. The van der Waals surface area contributed by atoms with Crippen molar-refractivity contribution in [1.29, 1.82) is 0 Å². The Morgan fingerprint density at radius 2 is 1.32 bits per heavy atom.